The average molecular weight is 159 g/mol. The normalized spacial score (nSPS) is 19.7. The maximum atomic E-state index is 11.0. The quantitative estimate of drug-likeness (QED) is 0.406. The molecule has 58 valence electrons. The van der Waals surface area contributed by atoms with Gasteiger partial charge in [-0.3, -0.25) is 14.9 Å². The minimum absolute atomic E-state index is 0.385. The van der Waals surface area contributed by atoms with Crippen LogP contribution in [0.1, 0.15) is 0 Å². The lowest BCUT2D eigenvalue weighted by Gasteiger charge is -2.06. The van der Waals surface area contributed by atoms with Crippen molar-refractivity contribution in [1.29, 1.82) is 0 Å². The molecule has 1 heterocycles. The summed E-state index contributed by atoms with van der Waals surface area (Å²) >= 11 is 0. The Bertz CT molecular complexity index is 359. The van der Waals surface area contributed by atoms with Gasteiger partial charge in [-0.2, -0.15) is 0 Å². The molecule has 0 unspecified atom stereocenters. The third kappa shape index (κ3) is 0.929. The van der Waals surface area contributed by atoms with E-state index in [1.165, 1.54) is 0 Å². The Kier molecular flexibility index (Phi) is 1.32. The number of carbonyl (C=O) groups excluding carboxylic acids is 2. The van der Waals surface area contributed by atoms with Gasteiger partial charge in [-0.15, -0.1) is 0 Å². The summed E-state index contributed by atoms with van der Waals surface area (Å²) in [5, 5.41) is 2.20. The minimum Gasteiger partial charge on any atom is -0.287 e. The monoisotopic (exact) mass is 159 g/mol. The topological polar surface area (TPSA) is 46.2 Å². The summed E-state index contributed by atoms with van der Waals surface area (Å²) in [7, 11) is 0. The van der Waals surface area contributed by atoms with E-state index in [9.17, 15) is 9.59 Å². The molecule has 0 spiro atoms. The van der Waals surface area contributed by atoms with Gasteiger partial charge >= 0.3 is 0 Å². The second-order valence-corrected chi connectivity index (χ2v) is 2.45. The Balaban J connectivity index is 2.65. The summed E-state index contributed by atoms with van der Waals surface area (Å²) in [4.78, 5) is 22.1. The third-order valence-electron chi connectivity index (χ3n) is 1.62. The standard InChI is InChI=1S/C9H5NO2/c11-8-6-3-1-2-4-7(5-6)9(12)10-8/h1-4H,(H,10,11,12). The fourth-order valence-corrected chi connectivity index (χ4v) is 1.03. The number of hydrogen-bond donors (Lipinski definition) is 1. The van der Waals surface area contributed by atoms with Crippen molar-refractivity contribution in [3.05, 3.63) is 41.2 Å². The lowest BCUT2D eigenvalue weighted by molar-refractivity contribution is -0.126. The number of hydrogen-bond acceptors (Lipinski definition) is 2. The highest BCUT2D eigenvalue weighted by atomic mass is 16.2. The predicted molar refractivity (Wildman–Crippen MR) is 42.0 cm³/mol. The van der Waals surface area contributed by atoms with Crippen molar-refractivity contribution in [1.82, 2.24) is 5.32 Å². The Morgan fingerprint density at radius 1 is 1.00 bits per heavy atom. The molecule has 2 rings (SSSR count). The summed E-state index contributed by atoms with van der Waals surface area (Å²) in [5.41, 5.74) is 3.51. The molecule has 0 aromatic carbocycles. The van der Waals surface area contributed by atoms with Crippen LogP contribution in [0, 0.1) is 0 Å². The van der Waals surface area contributed by atoms with E-state index in [-0.39, 0.29) is 11.8 Å². The van der Waals surface area contributed by atoms with E-state index in [1.54, 1.807) is 24.3 Å². The summed E-state index contributed by atoms with van der Waals surface area (Å²) in [6.45, 7) is 0. The number of carbonyl (C=O) groups is 2. The largest absolute Gasteiger partial charge is 0.287 e. The van der Waals surface area contributed by atoms with Crippen LogP contribution in [-0.4, -0.2) is 11.8 Å². The molecule has 0 fully saturated rings. The van der Waals surface area contributed by atoms with Gasteiger partial charge in [-0.1, -0.05) is 17.9 Å². The molecule has 0 saturated carbocycles. The van der Waals surface area contributed by atoms with Crippen molar-refractivity contribution in [3.8, 4) is 0 Å². The SMILES string of the molecule is O=C1NC(=O)C2=C=C1C=CC=C2. The van der Waals surface area contributed by atoms with Gasteiger partial charge in [0.15, 0.2) is 0 Å². The highest BCUT2D eigenvalue weighted by Crippen LogP contribution is 2.10. The lowest BCUT2D eigenvalue weighted by atomic mass is 10.1. The van der Waals surface area contributed by atoms with E-state index >= 15 is 0 Å². The van der Waals surface area contributed by atoms with Gasteiger partial charge in [-0.25, -0.2) is 0 Å². The molecular formula is C9H5NO2. The molecule has 2 bridgehead atoms. The van der Waals surface area contributed by atoms with Gasteiger partial charge in [0.2, 0.25) is 0 Å². The molecule has 2 aliphatic rings. The highest BCUT2D eigenvalue weighted by Gasteiger charge is 2.19. The van der Waals surface area contributed by atoms with Gasteiger partial charge in [0.25, 0.3) is 11.8 Å². The Morgan fingerprint density at radius 2 is 1.50 bits per heavy atom. The Labute approximate surface area is 68.8 Å². The molecule has 3 heteroatoms. The molecule has 0 atom stereocenters. The molecular weight excluding hydrogens is 154 g/mol. The molecule has 1 aliphatic heterocycles. The first kappa shape index (κ1) is 6.83. The van der Waals surface area contributed by atoms with E-state index in [4.69, 9.17) is 0 Å². The highest BCUT2D eigenvalue weighted by molar-refractivity contribution is 6.15. The molecule has 0 saturated heterocycles. The van der Waals surface area contributed by atoms with Gasteiger partial charge in [0.05, 0.1) is 11.1 Å². The van der Waals surface area contributed by atoms with Gasteiger partial charge < -0.3 is 0 Å². The molecule has 12 heavy (non-hydrogen) atoms. The zero-order valence-electron chi connectivity index (χ0n) is 6.13. The lowest BCUT2D eigenvalue weighted by Crippen LogP contribution is -2.34. The van der Waals surface area contributed by atoms with Crippen LogP contribution in [0.25, 0.3) is 0 Å². The Morgan fingerprint density at radius 3 is 2.00 bits per heavy atom. The van der Waals surface area contributed by atoms with E-state index in [0.717, 1.165) is 0 Å². The van der Waals surface area contributed by atoms with Crippen molar-refractivity contribution in [2.75, 3.05) is 0 Å². The van der Waals surface area contributed by atoms with Gasteiger partial charge in [0.1, 0.15) is 0 Å². The van der Waals surface area contributed by atoms with Crippen LogP contribution in [0.4, 0.5) is 0 Å². The molecule has 0 aromatic heterocycles. The molecule has 1 aliphatic carbocycles. The molecule has 0 aromatic rings. The fraction of sp³-hybridized carbons (Fsp3) is 0. The first-order valence-electron chi connectivity index (χ1n) is 3.49. The molecule has 3 nitrogen and oxygen atoms in total. The van der Waals surface area contributed by atoms with E-state index in [1.807, 2.05) is 0 Å². The number of amides is 2. The number of imide groups is 1. The number of nitrogens with one attached hydrogen (secondary N) is 1. The molecule has 0 radical (unpaired) electrons. The second kappa shape index (κ2) is 2.32. The average Bonchev–Trinajstić information content (AvgIpc) is 2.24. The van der Waals surface area contributed by atoms with Crippen molar-refractivity contribution in [3.63, 3.8) is 0 Å². The van der Waals surface area contributed by atoms with E-state index < -0.39 is 0 Å². The Hall–Kier alpha value is -1.86. The first-order chi connectivity index (χ1) is 5.77. The van der Waals surface area contributed by atoms with Crippen molar-refractivity contribution < 1.29 is 9.59 Å². The number of allylic oxidation sites excluding steroid dienone is 2. The maximum Gasteiger partial charge on any atom is 0.265 e. The van der Waals surface area contributed by atoms with E-state index in [0.29, 0.717) is 11.1 Å². The minimum atomic E-state index is -0.385. The number of rotatable bonds is 0. The molecule has 1 N–H and O–H groups in total. The van der Waals surface area contributed by atoms with Crippen molar-refractivity contribution in [2.24, 2.45) is 0 Å². The van der Waals surface area contributed by atoms with Crippen molar-refractivity contribution in [2.45, 2.75) is 0 Å². The first-order valence-corrected chi connectivity index (χ1v) is 3.49. The van der Waals surface area contributed by atoms with Crippen LogP contribution < -0.4 is 5.32 Å². The van der Waals surface area contributed by atoms with Crippen LogP contribution in [0.5, 0.6) is 0 Å². The zero-order valence-corrected chi connectivity index (χ0v) is 6.13. The molecule has 2 amide bonds. The predicted octanol–water partition coefficient (Wildman–Crippen LogP) is 0.220. The van der Waals surface area contributed by atoms with Crippen LogP contribution in [0.2, 0.25) is 0 Å². The fourth-order valence-electron chi connectivity index (χ4n) is 1.03. The summed E-state index contributed by atoms with van der Waals surface area (Å²) in [6.07, 6.45) is 6.64. The third-order valence-corrected chi connectivity index (χ3v) is 1.62. The maximum absolute atomic E-state index is 11.0. The summed E-state index contributed by atoms with van der Waals surface area (Å²) in [6, 6.07) is 0. The van der Waals surface area contributed by atoms with E-state index in [2.05, 4.69) is 11.0 Å². The second-order valence-electron chi connectivity index (χ2n) is 2.45. The smallest absolute Gasteiger partial charge is 0.265 e. The van der Waals surface area contributed by atoms with Crippen molar-refractivity contribution >= 4 is 11.8 Å². The van der Waals surface area contributed by atoms with Gasteiger partial charge in [-0.05, 0) is 12.2 Å². The van der Waals surface area contributed by atoms with Gasteiger partial charge in [0, 0.05) is 0 Å². The van der Waals surface area contributed by atoms with Crippen LogP contribution >= 0.6 is 0 Å². The summed E-state index contributed by atoms with van der Waals surface area (Å²) < 4.78 is 0. The van der Waals surface area contributed by atoms with Crippen LogP contribution in [-0.2, 0) is 9.59 Å². The van der Waals surface area contributed by atoms with Crippen LogP contribution in [0.3, 0.4) is 0 Å². The van der Waals surface area contributed by atoms with Crippen LogP contribution in [0.15, 0.2) is 41.2 Å². The zero-order chi connectivity index (χ0) is 8.55. The summed E-state index contributed by atoms with van der Waals surface area (Å²) in [5.74, 6) is -0.771.